The third kappa shape index (κ3) is 2.96. The summed E-state index contributed by atoms with van der Waals surface area (Å²) < 4.78 is 2.95. The van der Waals surface area contributed by atoms with E-state index in [0.717, 1.165) is 22.3 Å². The van der Waals surface area contributed by atoms with E-state index in [-0.39, 0.29) is 6.04 Å². The summed E-state index contributed by atoms with van der Waals surface area (Å²) >= 11 is 3.58. The van der Waals surface area contributed by atoms with Gasteiger partial charge in [0.15, 0.2) is 0 Å². The molecule has 90 valence electrons. The van der Waals surface area contributed by atoms with Crippen LogP contribution in [0.2, 0.25) is 0 Å². The third-order valence-electron chi connectivity index (χ3n) is 2.57. The van der Waals surface area contributed by atoms with Crippen molar-refractivity contribution in [3.63, 3.8) is 0 Å². The first-order valence-corrected chi connectivity index (χ1v) is 6.42. The molecule has 0 aliphatic carbocycles. The second kappa shape index (κ2) is 5.02. The molecule has 0 saturated heterocycles. The van der Waals surface area contributed by atoms with Gasteiger partial charge in [-0.15, -0.1) is 0 Å². The molecule has 0 radical (unpaired) electrons. The van der Waals surface area contributed by atoms with E-state index in [1.807, 2.05) is 30.8 Å². The number of aryl methyl sites for hydroxylation is 1. The lowest BCUT2D eigenvalue weighted by Crippen LogP contribution is -2.18. The zero-order chi connectivity index (χ0) is 12.4. The van der Waals surface area contributed by atoms with Gasteiger partial charge in [0.1, 0.15) is 0 Å². The zero-order valence-electron chi connectivity index (χ0n) is 10.0. The van der Waals surface area contributed by atoms with E-state index in [1.165, 1.54) is 5.56 Å². The van der Waals surface area contributed by atoms with Crippen LogP contribution >= 0.6 is 15.9 Å². The fourth-order valence-electron chi connectivity index (χ4n) is 1.75. The average Bonchev–Trinajstić information content (AvgIpc) is 2.67. The maximum absolute atomic E-state index is 5.81. The molecule has 2 aromatic rings. The van der Waals surface area contributed by atoms with Crippen LogP contribution in [0.4, 0.5) is 0 Å². The van der Waals surface area contributed by atoms with E-state index >= 15 is 0 Å². The standard InChI is InChI=1S/C13H16BrN3/c1-9(15)7-11-3-4-12(8-13(11)14)17-6-5-10(2)16-17/h3-6,8-9H,7,15H2,1-2H3. The van der Waals surface area contributed by atoms with E-state index in [0.29, 0.717) is 0 Å². The van der Waals surface area contributed by atoms with Crippen LogP contribution in [-0.4, -0.2) is 15.8 Å². The van der Waals surface area contributed by atoms with Crippen LogP contribution < -0.4 is 5.73 Å². The molecule has 3 nitrogen and oxygen atoms in total. The van der Waals surface area contributed by atoms with Crippen LogP contribution in [-0.2, 0) is 6.42 Å². The first-order valence-electron chi connectivity index (χ1n) is 5.63. The van der Waals surface area contributed by atoms with Gasteiger partial charge in [0.25, 0.3) is 0 Å². The number of nitrogens with zero attached hydrogens (tertiary/aromatic N) is 2. The van der Waals surface area contributed by atoms with Crippen LogP contribution in [0, 0.1) is 6.92 Å². The molecule has 2 rings (SSSR count). The van der Waals surface area contributed by atoms with Gasteiger partial charge < -0.3 is 5.73 Å². The zero-order valence-corrected chi connectivity index (χ0v) is 11.6. The van der Waals surface area contributed by atoms with E-state index in [1.54, 1.807) is 0 Å². The van der Waals surface area contributed by atoms with Crippen molar-refractivity contribution in [1.82, 2.24) is 9.78 Å². The van der Waals surface area contributed by atoms with Crippen molar-refractivity contribution >= 4 is 15.9 Å². The quantitative estimate of drug-likeness (QED) is 0.946. The van der Waals surface area contributed by atoms with Crippen molar-refractivity contribution in [3.05, 3.63) is 46.2 Å². The minimum absolute atomic E-state index is 0.170. The summed E-state index contributed by atoms with van der Waals surface area (Å²) in [7, 11) is 0. The maximum atomic E-state index is 5.81. The maximum Gasteiger partial charge on any atom is 0.0657 e. The molecule has 0 saturated carbocycles. The van der Waals surface area contributed by atoms with Gasteiger partial charge >= 0.3 is 0 Å². The van der Waals surface area contributed by atoms with Gasteiger partial charge in [-0.05, 0) is 44.0 Å². The van der Waals surface area contributed by atoms with Crippen molar-refractivity contribution in [1.29, 1.82) is 0 Å². The molecule has 0 amide bonds. The van der Waals surface area contributed by atoms with Crippen molar-refractivity contribution in [2.24, 2.45) is 5.73 Å². The summed E-state index contributed by atoms with van der Waals surface area (Å²) in [6, 6.07) is 8.40. The SMILES string of the molecule is Cc1ccn(-c2ccc(CC(C)N)c(Br)c2)n1. The number of benzene rings is 1. The summed E-state index contributed by atoms with van der Waals surface area (Å²) in [5.41, 5.74) is 9.11. The summed E-state index contributed by atoms with van der Waals surface area (Å²) in [6.45, 7) is 3.99. The highest BCUT2D eigenvalue weighted by atomic mass is 79.9. The Bertz CT molecular complexity index is 517. The first-order chi connectivity index (χ1) is 8.06. The second-order valence-corrected chi connectivity index (χ2v) is 5.21. The highest BCUT2D eigenvalue weighted by molar-refractivity contribution is 9.10. The van der Waals surface area contributed by atoms with Gasteiger partial charge in [-0.3, -0.25) is 0 Å². The number of hydrogen-bond acceptors (Lipinski definition) is 2. The molecule has 4 heteroatoms. The molecule has 1 heterocycles. The molecule has 1 unspecified atom stereocenters. The molecule has 1 atom stereocenters. The van der Waals surface area contributed by atoms with Gasteiger partial charge in [-0.2, -0.15) is 5.10 Å². The Morgan fingerprint density at radius 2 is 2.18 bits per heavy atom. The minimum atomic E-state index is 0.170. The lowest BCUT2D eigenvalue weighted by atomic mass is 10.1. The molecular weight excluding hydrogens is 278 g/mol. The van der Waals surface area contributed by atoms with Gasteiger partial charge in [0.2, 0.25) is 0 Å². The number of halogens is 1. The largest absolute Gasteiger partial charge is 0.328 e. The monoisotopic (exact) mass is 293 g/mol. The van der Waals surface area contributed by atoms with Crippen LogP contribution in [0.15, 0.2) is 34.9 Å². The van der Waals surface area contributed by atoms with Crippen LogP contribution in [0.1, 0.15) is 18.2 Å². The molecule has 1 aromatic carbocycles. The minimum Gasteiger partial charge on any atom is -0.328 e. The lowest BCUT2D eigenvalue weighted by Gasteiger charge is -2.09. The number of hydrogen-bond donors (Lipinski definition) is 1. The fourth-order valence-corrected chi connectivity index (χ4v) is 2.28. The van der Waals surface area contributed by atoms with Gasteiger partial charge in [-0.1, -0.05) is 22.0 Å². The molecule has 0 aliphatic heterocycles. The summed E-state index contributed by atoms with van der Waals surface area (Å²) in [5, 5.41) is 4.38. The molecule has 17 heavy (non-hydrogen) atoms. The Labute approximate surface area is 110 Å². The highest BCUT2D eigenvalue weighted by Crippen LogP contribution is 2.21. The lowest BCUT2D eigenvalue weighted by molar-refractivity contribution is 0.735. The Morgan fingerprint density at radius 1 is 1.41 bits per heavy atom. The van der Waals surface area contributed by atoms with Crippen LogP contribution in [0.3, 0.4) is 0 Å². The van der Waals surface area contributed by atoms with E-state index in [9.17, 15) is 0 Å². The highest BCUT2D eigenvalue weighted by Gasteiger charge is 2.05. The molecular formula is C13H16BrN3. The Morgan fingerprint density at radius 3 is 2.71 bits per heavy atom. The summed E-state index contributed by atoms with van der Waals surface area (Å²) in [5.74, 6) is 0. The molecule has 0 spiro atoms. The second-order valence-electron chi connectivity index (χ2n) is 4.36. The van der Waals surface area contributed by atoms with E-state index in [4.69, 9.17) is 5.73 Å². The summed E-state index contributed by atoms with van der Waals surface area (Å²) in [4.78, 5) is 0. The normalized spacial score (nSPS) is 12.7. The first kappa shape index (κ1) is 12.3. The van der Waals surface area contributed by atoms with E-state index < -0.39 is 0 Å². The molecule has 2 N–H and O–H groups in total. The topological polar surface area (TPSA) is 43.8 Å². The fraction of sp³-hybridized carbons (Fsp3) is 0.308. The van der Waals surface area contributed by atoms with Crippen molar-refractivity contribution in [2.75, 3.05) is 0 Å². The average molecular weight is 294 g/mol. The van der Waals surface area contributed by atoms with Crippen LogP contribution in [0.5, 0.6) is 0 Å². The Balaban J connectivity index is 2.30. The van der Waals surface area contributed by atoms with Crippen molar-refractivity contribution in [3.8, 4) is 5.69 Å². The van der Waals surface area contributed by atoms with Crippen molar-refractivity contribution < 1.29 is 0 Å². The predicted molar refractivity (Wildman–Crippen MR) is 73.4 cm³/mol. The smallest absolute Gasteiger partial charge is 0.0657 e. The molecule has 0 fully saturated rings. The van der Waals surface area contributed by atoms with E-state index in [2.05, 4.69) is 39.2 Å². The molecule has 0 bridgehead atoms. The number of aromatic nitrogens is 2. The third-order valence-corrected chi connectivity index (χ3v) is 3.30. The summed E-state index contributed by atoms with van der Waals surface area (Å²) in [6.07, 6.45) is 2.83. The Hall–Kier alpha value is -1.13. The van der Waals surface area contributed by atoms with Crippen LogP contribution in [0.25, 0.3) is 5.69 Å². The van der Waals surface area contributed by atoms with Crippen molar-refractivity contribution in [2.45, 2.75) is 26.3 Å². The number of rotatable bonds is 3. The van der Waals surface area contributed by atoms with Gasteiger partial charge in [0, 0.05) is 16.7 Å². The molecule has 0 aliphatic rings. The van der Waals surface area contributed by atoms with Gasteiger partial charge in [0.05, 0.1) is 11.4 Å². The Kier molecular flexibility index (Phi) is 3.64. The number of nitrogens with two attached hydrogens (primary N) is 1. The van der Waals surface area contributed by atoms with Gasteiger partial charge in [-0.25, -0.2) is 4.68 Å². The predicted octanol–water partition coefficient (Wildman–Crippen LogP) is 2.83. The molecule has 1 aromatic heterocycles.